The molecule has 124 valence electrons. The van der Waals surface area contributed by atoms with Gasteiger partial charge in [0.05, 0.1) is 0 Å². The van der Waals surface area contributed by atoms with Crippen molar-refractivity contribution in [3.8, 4) is 11.5 Å². The van der Waals surface area contributed by atoms with Gasteiger partial charge in [0.2, 0.25) is 14.4 Å². The number of fused-ring (bicyclic) bond motifs is 1. The minimum Gasteiger partial charge on any atom is -0.454 e. The van der Waals surface area contributed by atoms with Crippen LogP contribution in [-0.4, -0.2) is 32.2 Å². The van der Waals surface area contributed by atoms with E-state index in [0.29, 0.717) is 22.9 Å². The van der Waals surface area contributed by atoms with Gasteiger partial charge in [0.25, 0.3) is 0 Å². The fourth-order valence-electron chi connectivity index (χ4n) is 1.93. The van der Waals surface area contributed by atoms with Gasteiger partial charge in [-0.05, 0) is 18.2 Å². The maximum Gasteiger partial charge on any atom is 0.247 e. The van der Waals surface area contributed by atoms with Gasteiger partial charge in [0, 0.05) is 5.56 Å². The molecule has 3 rings (SSSR count). The van der Waals surface area contributed by atoms with E-state index in [9.17, 15) is 0 Å². The summed E-state index contributed by atoms with van der Waals surface area (Å²) in [5.74, 6) is 1.52. The van der Waals surface area contributed by atoms with Crippen LogP contribution in [0.1, 0.15) is 5.56 Å². The van der Waals surface area contributed by atoms with E-state index in [2.05, 4.69) is 15.3 Å². The van der Waals surface area contributed by atoms with E-state index >= 15 is 0 Å². The fraction of sp³-hybridized carbons (Fsp3) is 0.333. The first-order valence-corrected chi connectivity index (χ1v) is 8.38. The predicted octanol–water partition coefficient (Wildman–Crippen LogP) is 4.23. The SMILES string of the molecule is ClC(Cl)(Cl)C1=NC(C(Cl)(Cl)Cl)N=C(c2ccc3c(c2)OCO3)N1. The highest BCUT2D eigenvalue weighted by Gasteiger charge is 2.40. The van der Waals surface area contributed by atoms with Crippen LogP contribution in [0.15, 0.2) is 28.2 Å². The second-order valence-corrected chi connectivity index (χ2v) is 9.21. The first kappa shape index (κ1) is 17.5. The molecule has 1 aromatic rings. The van der Waals surface area contributed by atoms with Crippen LogP contribution < -0.4 is 14.8 Å². The second-order valence-electron chi connectivity index (χ2n) is 4.56. The molecule has 0 aromatic heterocycles. The Balaban J connectivity index is 1.99. The lowest BCUT2D eigenvalue weighted by molar-refractivity contribution is 0.174. The summed E-state index contributed by atoms with van der Waals surface area (Å²) in [5.41, 5.74) is 0.634. The molecule has 0 bridgehead atoms. The molecule has 0 saturated heterocycles. The highest BCUT2D eigenvalue weighted by Crippen LogP contribution is 2.38. The van der Waals surface area contributed by atoms with Crippen molar-refractivity contribution in [3.05, 3.63) is 23.8 Å². The summed E-state index contributed by atoms with van der Waals surface area (Å²) in [4.78, 5) is 8.31. The highest BCUT2D eigenvalue weighted by atomic mass is 35.6. The van der Waals surface area contributed by atoms with Crippen LogP contribution in [0, 0.1) is 0 Å². The molecule has 2 heterocycles. The van der Waals surface area contributed by atoms with Crippen molar-refractivity contribution in [2.24, 2.45) is 9.98 Å². The number of alkyl halides is 6. The van der Waals surface area contributed by atoms with Gasteiger partial charge in [-0.2, -0.15) is 0 Å². The molecule has 0 saturated carbocycles. The third kappa shape index (κ3) is 3.86. The van der Waals surface area contributed by atoms with Crippen molar-refractivity contribution in [2.75, 3.05) is 6.79 Å². The normalized spacial score (nSPS) is 20.7. The predicted molar refractivity (Wildman–Crippen MR) is 94.0 cm³/mol. The zero-order valence-electron chi connectivity index (χ0n) is 11.0. The lowest BCUT2D eigenvalue weighted by Gasteiger charge is -2.28. The summed E-state index contributed by atoms with van der Waals surface area (Å²) in [6.07, 6.45) is -1.07. The lowest BCUT2D eigenvalue weighted by atomic mass is 10.1. The molecule has 1 aromatic carbocycles. The van der Waals surface area contributed by atoms with Crippen LogP contribution in [0.5, 0.6) is 11.5 Å². The average Bonchev–Trinajstić information content (AvgIpc) is 2.92. The maximum atomic E-state index is 5.89. The molecule has 0 amide bonds. The number of nitrogens with one attached hydrogen (secondary N) is 1. The topological polar surface area (TPSA) is 55.2 Å². The van der Waals surface area contributed by atoms with Gasteiger partial charge >= 0.3 is 0 Å². The fourth-order valence-corrected chi connectivity index (χ4v) is 2.51. The zero-order chi connectivity index (χ0) is 16.8. The van der Waals surface area contributed by atoms with Crippen LogP contribution in [0.2, 0.25) is 0 Å². The molecule has 23 heavy (non-hydrogen) atoms. The Morgan fingerprint density at radius 2 is 1.70 bits per heavy atom. The summed E-state index contributed by atoms with van der Waals surface area (Å²) in [5, 5.41) is 2.83. The van der Waals surface area contributed by atoms with Gasteiger partial charge in [-0.1, -0.05) is 69.6 Å². The quantitative estimate of drug-likeness (QED) is 0.669. The van der Waals surface area contributed by atoms with E-state index in [1.807, 2.05) is 0 Å². The van der Waals surface area contributed by atoms with Gasteiger partial charge < -0.3 is 14.8 Å². The summed E-state index contributed by atoms with van der Waals surface area (Å²) < 4.78 is 6.96. The number of benzene rings is 1. The van der Waals surface area contributed by atoms with Crippen molar-refractivity contribution in [1.82, 2.24) is 5.32 Å². The lowest BCUT2D eigenvalue weighted by Crippen LogP contribution is -2.46. The Kier molecular flexibility index (Phi) is 4.73. The van der Waals surface area contributed by atoms with Crippen molar-refractivity contribution in [2.45, 2.75) is 13.8 Å². The molecule has 5 nitrogen and oxygen atoms in total. The van der Waals surface area contributed by atoms with Gasteiger partial charge in [-0.15, -0.1) is 0 Å². The van der Waals surface area contributed by atoms with Gasteiger partial charge in [0.1, 0.15) is 5.84 Å². The van der Waals surface area contributed by atoms with E-state index < -0.39 is 13.8 Å². The van der Waals surface area contributed by atoms with E-state index in [1.54, 1.807) is 18.2 Å². The molecule has 1 atom stereocenters. The van der Waals surface area contributed by atoms with Crippen molar-refractivity contribution < 1.29 is 9.47 Å². The second kappa shape index (κ2) is 6.21. The number of aliphatic imine (C=N–C) groups is 2. The molecule has 11 heteroatoms. The first-order valence-electron chi connectivity index (χ1n) is 6.11. The third-order valence-corrected chi connectivity index (χ3v) is 4.07. The van der Waals surface area contributed by atoms with E-state index in [0.717, 1.165) is 0 Å². The molecule has 0 fully saturated rings. The summed E-state index contributed by atoms with van der Waals surface area (Å²) in [6.45, 7) is 0.149. The number of hydrogen-bond acceptors (Lipinski definition) is 5. The van der Waals surface area contributed by atoms with Crippen LogP contribution in [0.4, 0.5) is 0 Å². The molecule has 0 spiro atoms. The Labute approximate surface area is 161 Å². The molecule has 0 radical (unpaired) electrons. The Morgan fingerprint density at radius 3 is 2.35 bits per heavy atom. The average molecular weight is 438 g/mol. The molecule has 0 aliphatic carbocycles. The molecular formula is C12H7Cl6N3O2. The van der Waals surface area contributed by atoms with Crippen molar-refractivity contribution >= 4 is 81.3 Å². The molecule has 1 N–H and O–H groups in total. The van der Waals surface area contributed by atoms with Crippen LogP contribution >= 0.6 is 69.6 Å². The number of halogens is 6. The summed E-state index contributed by atoms with van der Waals surface area (Å²) >= 11 is 35.3. The van der Waals surface area contributed by atoms with Crippen LogP contribution in [0.25, 0.3) is 0 Å². The molecule has 2 aliphatic heterocycles. The molecule has 2 aliphatic rings. The monoisotopic (exact) mass is 435 g/mol. The Hall–Kier alpha value is -0.300. The highest BCUT2D eigenvalue weighted by molar-refractivity contribution is 6.77. The number of amidine groups is 2. The maximum absolute atomic E-state index is 5.89. The van der Waals surface area contributed by atoms with E-state index in [-0.39, 0.29) is 12.6 Å². The smallest absolute Gasteiger partial charge is 0.247 e. The van der Waals surface area contributed by atoms with Gasteiger partial charge in [-0.25, -0.2) is 9.98 Å². The molecular weight excluding hydrogens is 431 g/mol. The molecule has 1 unspecified atom stereocenters. The van der Waals surface area contributed by atoms with Gasteiger partial charge in [0.15, 0.2) is 23.5 Å². The number of nitrogens with zero attached hydrogens (tertiary/aromatic N) is 2. The number of hydrogen-bond donors (Lipinski definition) is 1. The van der Waals surface area contributed by atoms with Gasteiger partial charge in [-0.3, -0.25) is 0 Å². The zero-order valence-corrected chi connectivity index (χ0v) is 15.5. The van der Waals surface area contributed by atoms with Crippen molar-refractivity contribution in [1.29, 1.82) is 0 Å². The minimum atomic E-state index is -1.83. The number of rotatable bonds is 1. The van der Waals surface area contributed by atoms with Crippen molar-refractivity contribution in [3.63, 3.8) is 0 Å². The third-order valence-electron chi connectivity index (χ3n) is 2.95. The number of ether oxygens (including phenoxy) is 2. The largest absolute Gasteiger partial charge is 0.454 e. The van der Waals surface area contributed by atoms with E-state index in [4.69, 9.17) is 79.1 Å². The summed E-state index contributed by atoms with van der Waals surface area (Å²) in [7, 11) is 0. The Bertz CT molecular complexity index is 695. The van der Waals surface area contributed by atoms with E-state index in [1.165, 1.54) is 0 Å². The Morgan fingerprint density at radius 1 is 1.00 bits per heavy atom. The van der Waals surface area contributed by atoms with Crippen LogP contribution in [0.3, 0.4) is 0 Å². The van der Waals surface area contributed by atoms with Crippen LogP contribution in [-0.2, 0) is 0 Å². The minimum absolute atomic E-state index is 0.00138. The first-order chi connectivity index (χ1) is 10.6. The summed E-state index contributed by atoms with van der Waals surface area (Å²) in [6, 6.07) is 5.19. The standard InChI is InChI=1S/C12H7Cl6N3O2/c13-11(14,15)9-19-8(20-10(21-9)12(16,17)18)5-1-2-6-7(3-5)23-4-22-6/h1-3,9H,4H2,(H,19,20,21).